The van der Waals surface area contributed by atoms with Crippen molar-refractivity contribution in [1.82, 2.24) is 0 Å². The molecule has 0 saturated heterocycles. The quantitative estimate of drug-likeness (QED) is 0.424. The van der Waals surface area contributed by atoms with Gasteiger partial charge in [0.1, 0.15) is 0 Å². The van der Waals surface area contributed by atoms with Gasteiger partial charge in [0.25, 0.3) is 0 Å². The van der Waals surface area contributed by atoms with E-state index in [1.165, 1.54) is 0 Å². The Labute approximate surface area is 62.9 Å². The molecule has 7 heteroatoms. The van der Waals surface area contributed by atoms with Crippen LogP contribution in [0.25, 0.3) is 0 Å². The van der Waals surface area contributed by atoms with Crippen LogP contribution in [0.4, 0.5) is 0 Å². The Balaban J connectivity index is -0.00000000267. The van der Waals surface area contributed by atoms with Gasteiger partial charge in [-0.3, -0.25) is 0 Å². The molecule has 0 saturated carbocycles. The third kappa shape index (κ3) is 396. The van der Waals surface area contributed by atoms with Gasteiger partial charge in [0.15, 0.2) is 0 Å². The van der Waals surface area contributed by atoms with E-state index in [9.17, 15) is 0 Å². The molecule has 7 heavy (non-hydrogen) atoms. The Hall–Kier alpha value is 0.593. The van der Waals surface area contributed by atoms with Crippen LogP contribution in [0.15, 0.2) is 0 Å². The topological polar surface area (TPSA) is 114 Å². The van der Waals surface area contributed by atoms with Gasteiger partial charge in [0.2, 0.25) is 0 Å². The van der Waals surface area contributed by atoms with E-state index < -0.39 is 0 Å². The summed E-state index contributed by atoms with van der Waals surface area (Å²) >= 11 is 0.438. The van der Waals surface area contributed by atoms with Crippen LogP contribution in [0.5, 0.6) is 0 Å². The average Bonchev–Trinajstić information content (AvgIpc) is 1.50. The zero-order valence-corrected chi connectivity index (χ0v) is 8.22. The summed E-state index contributed by atoms with van der Waals surface area (Å²) in [5.74, 6) is 0. The van der Waals surface area contributed by atoms with Gasteiger partial charge in [-0.15, -0.1) is 0 Å². The summed E-state index contributed by atoms with van der Waals surface area (Å²) in [5.41, 5.74) is 0. The molecule has 0 unspecified atom stereocenters. The second-order valence-electron chi connectivity index (χ2n) is 0. The first kappa shape index (κ1) is 49.1. The van der Waals surface area contributed by atoms with Crippen molar-refractivity contribution >= 4 is 38.3 Å². The molecule has 5 nitrogen and oxygen atoms in total. The normalized spacial score (nSPS) is 1.00. The van der Waals surface area contributed by atoms with E-state index >= 15 is 0 Å². The molecule has 4 radical (unpaired) electrons. The van der Waals surface area contributed by atoms with E-state index in [4.69, 9.17) is 13.5 Å². The Morgan fingerprint density at radius 2 is 0.857 bits per heavy atom. The Morgan fingerprint density at radius 1 is 0.857 bits per heavy atom. The third-order valence-corrected chi connectivity index (χ3v) is 0. The molecule has 0 amide bonds. The fourth-order valence-electron chi connectivity index (χ4n) is 0. The van der Waals surface area contributed by atoms with Crippen LogP contribution in [0, 0.1) is 9.93 Å². The Kier molecular flexibility index (Phi) is 4120. The minimum absolute atomic E-state index is 0. The molecule has 0 aromatic carbocycles. The second kappa shape index (κ2) is 587. The van der Waals surface area contributed by atoms with Crippen LogP contribution in [0.2, 0.25) is 0 Å². The monoisotopic (exact) mass is 222 g/mol. The predicted molar refractivity (Wildman–Crippen MR) is 26.2 cm³/mol. The number of rotatable bonds is 0. The van der Waals surface area contributed by atoms with Crippen molar-refractivity contribution in [2.75, 3.05) is 0 Å². The van der Waals surface area contributed by atoms with Crippen molar-refractivity contribution in [2.24, 2.45) is 0 Å². The van der Waals surface area contributed by atoms with Gasteiger partial charge in [-0.25, -0.2) is 0 Å². The van der Waals surface area contributed by atoms with E-state index in [0.29, 0.717) is 18.6 Å². The second-order valence-corrected chi connectivity index (χ2v) is 0. The first-order chi connectivity index (χ1) is 2.00. The van der Waals surface area contributed by atoms with Gasteiger partial charge < -0.3 is 11.0 Å². The van der Waals surface area contributed by atoms with Crippen LogP contribution in [-0.4, -0.2) is 49.3 Å². The van der Waals surface area contributed by atoms with Crippen molar-refractivity contribution in [2.45, 2.75) is 0 Å². The summed E-state index contributed by atoms with van der Waals surface area (Å²) in [7, 11) is 0. The molecule has 0 aromatic heterocycles. The van der Waals surface area contributed by atoms with Gasteiger partial charge in [0, 0.05) is 29.7 Å². The van der Waals surface area contributed by atoms with E-state index in [-0.39, 0.29) is 30.7 Å². The van der Waals surface area contributed by atoms with Crippen LogP contribution in [0.3, 0.4) is 0 Å². The maximum atomic E-state index is 8.31. The molecule has 0 aliphatic carbocycles. The zero-order valence-electron chi connectivity index (χ0n) is 3.38. The molecular weight excluding hydrogens is 219 g/mol. The molecule has 0 aliphatic rings. The molecule has 40 valence electrons. The fourth-order valence-corrected chi connectivity index (χ4v) is 0. The van der Waals surface area contributed by atoms with Crippen LogP contribution in [0.1, 0.15) is 0 Å². The van der Waals surface area contributed by atoms with Crippen molar-refractivity contribution in [1.29, 1.82) is 0 Å². The van der Waals surface area contributed by atoms with Gasteiger partial charge >= 0.3 is 22.1 Å². The molecule has 0 bridgehead atoms. The van der Waals surface area contributed by atoms with Crippen LogP contribution in [-0.2, 0) is 3.54 Å². The van der Waals surface area contributed by atoms with E-state index in [2.05, 4.69) is 0 Å². The zero-order chi connectivity index (χ0) is 4.00. The molecule has 0 fully saturated rings. The van der Waals surface area contributed by atoms with Gasteiger partial charge in [0.05, 0.1) is 0 Å². The Bertz CT molecular complexity index is 8.04. The number of hydrogen-bond acceptors (Lipinski definition) is 3. The van der Waals surface area contributed by atoms with E-state index in [1.54, 1.807) is 0 Å². The molecule has 0 aromatic rings. The maximum absolute atomic E-state index is 8.31. The summed E-state index contributed by atoms with van der Waals surface area (Å²) in [6.07, 6.45) is 0. The molecule has 0 aliphatic heterocycles. The van der Waals surface area contributed by atoms with Gasteiger partial charge in [-0.1, -0.05) is 0 Å². The van der Waals surface area contributed by atoms with Gasteiger partial charge in [-0.2, -0.15) is 0 Å². The molecule has 0 atom stereocenters. The molecule has 0 heterocycles. The van der Waals surface area contributed by atoms with Crippen molar-refractivity contribution in [3.8, 4) is 0 Å². The minimum atomic E-state index is 0. The van der Waals surface area contributed by atoms with Crippen molar-refractivity contribution in [3.05, 3.63) is 9.93 Å². The predicted octanol–water partition coefficient (Wildman–Crippen LogP) is -2.46. The third-order valence-electron chi connectivity index (χ3n) is 0. The van der Waals surface area contributed by atoms with Crippen molar-refractivity contribution < 1.29 is 14.5 Å². The molecular formula is H4Ga2O5. The average molecular weight is 223 g/mol. The van der Waals surface area contributed by atoms with Gasteiger partial charge in [-0.05, 0) is 0 Å². The molecule has 4 N–H and O–H groups in total. The summed E-state index contributed by atoms with van der Waals surface area (Å²) in [4.78, 5) is 14.0. The Morgan fingerprint density at radius 3 is 0.857 bits per heavy atom. The van der Waals surface area contributed by atoms with E-state index in [1.807, 2.05) is 0 Å². The fraction of sp³-hybridized carbons (Fsp3) is 0. The van der Waals surface area contributed by atoms with Crippen LogP contribution < -0.4 is 0 Å². The first-order valence-corrected chi connectivity index (χ1v) is 1.39. The summed E-state index contributed by atoms with van der Waals surface area (Å²) in [5, 5.41) is 0. The number of hydrogen-bond donors (Lipinski definition) is 0. The van der Waals surface area contributed by atoms with E-state index in [0.717, 1.165) is 0 Å². The SMILES string of the molecule is O.O.O=O.[Ga].[O]=[Ga]. The summed E-state index contributed by atoms with van der Waals surface area (Å²) < 4.78 is 8.31. The first-order valence-electron chi connectivity index (χ1n) is 0.402. The standard InChI is InChI=1S/2Ga.O2.2H2O.O/c;;1-2;;;/h;;;2*1H2;. The summed E-state index contributed by atoms with van der Waals surface area (Å²) in [6, 6.07) is 0. The molecule has 0 rings (SSSR count). The molecule has 0 spiro atoms. The van der Waals surface area contributed by atoms with Crippen LogP contribution >= 0.6 is 0 Å². The van der Waals surface area contributed by atoms with Crippen molar-refractivity contribution in [3.63, 3.8) is 0 Å². The summed E-state index contributed by atoms with van der Waals surface area (Å²) in [6.45, 7) is 0.